The third-order valence-electron chi connectivity index (χ3n) is 6.39. The van der Waals surface area contributed by atoms with Crippen LogP contribution in [0, 0.1) is 6.92 Å². The summed E-state index contributed by atoms with van der Waals surface area (Å²) in [5.74, 6) is 0. The Balaban J connectivity index is 1.52. The van der Waals surface area contributed by atoms with Crippen molar-refractivity contribution >= 4 is 39.4 Å². The zero-order valence-electron chi connectivity index (χ0n) is 17.7. The van der Waals surface area contributed by atoms with Crippen LogP contribution in [0.4, 0.5) is 5.69 Å². The highest BCUT2D eigenvalue weighted by molar-refractivity contribution is 7.18. The topological polar surface area (TPSA) is 7.12 Å². The lowest BCUT2D eigenvalue weighted by molar-refractivity contribution is -0.669. The number of thiazole rings is 1. The molecule has 5 rings (SSSR count). The van der Waals surface area contributed by atoms with Crippen molar-refractivity contribution < 1.29 is 4.57 Å². The number of hydrogen-bond acceptors (Lipinski definition) is 2. The van der Waals surface area contributed by atoms with Crippen LogP contribution in [-0.4, -0.2) is 13.1 Å². The molecule has 0 atom stereocenters. The van der Waals surface area contributed by atoms with Crippen molar-refractivity contribution in [2.45, 2.75) is 58.9 Å². The van der Waals surface area contributed by atoms with E-state index in [9.17, 15) is 0 Å². The van der Waals surface area contributed by atoms with E-state index in [1.165, 1.54) is 78.0 Å². The smallest absolute Gasteiger partial charge is 0.262 e. The molecule has 150 valence electrons. The van der Waals surface area contributed by atoms with Crippen LogP contribution in [0.5, 0.6) is 0 Å². The van der Waals surface area contributed by atoms with Crippen molar-refractivity contribution in [1.82, 2.24) is 0 Å². The number of aromatic nitrogens is 1. The second kappa shape index (κ2) is 7.95. The zero-order chi connectivity index (χ0) is 19.8. The van der Waals surface area contributed by atoms with Crippen molar-refractivity contribution in [3.05, 3.63) is 57.6 Å². The summed E-state index contributed by atoms with van der Waals surface area (Å²) in [6.07, 6.45) is 12.2. The van der Waals surface area contributed by atoms with Crippen molar-refractivity contribution in [2.75, 3.05) is 18.0 Å². The molecule has 2 aromatic carbocycles. The number of aryl methyl sites for hydroxylation is 4. The maximum absolute atomic E-state index is 2.62. The second-order valence-corrected chi connectivity index (χ2v) is 9.69. The average Bonchev–Trinajstić information content (AvgIpc) is 3.07. The monoisotopic (exact) mass is 403 g/mol. The van der Waals surface area contributed by atoms with Crippen LogP contribution in [-0.2, 0) is 19.4 Å². The zero-order valence-corrected chi connectivity index (χ0v) is 18.5. The van der Waals surface area contributed by atoms with Gasteiger partial charge in [0.1, 0.15) is 4.70 Å². The second-order valence-electron chi connectivity index (χ2n) is 8.63. The van der Waals surface area contributed by atoms with Gasteiger partial charge in [-0.15, -0.1) is 0 Å². The van der Waals surface area contributed by atoms with Gasteiger partial charge in [-0.05, 0) is 79.1 Å². The van der Waals surface area contributed by atoms with E-state index in [4.69, 9.17) is 0 Å². The highest BCUT2D eigenvalue weighted by Crippen LogP contribution is 2.36. The molecule has 0 unspecified atom stereocenters. The third-order valence-corrected chi connectivity index (χ3v) is 7.51. The van der Waals surface area contributed by atoms with Gasteiger partial charge in [-0.2, -0.15) is 4.57 Å². The SMILES string of the molecule is CCCC[n+]1c(C=Cc2cc3c4c(c2)CCCN4CCC3)sc2cc(C)ccc21. The minimum Gasteiger partial charge on any atom is -0.371 e. The van der Waals surface area contributed by atoms with Gasteiger partial charge in [0.25, 0.3) is 5.01 Å². The van der Waals surface area contributed by atoms with Crippen LogP contribution in [0.15, 0.2) is 30.3 Å². The first kappa shape index (κ1) is 18.9. The number of benzene rings is 2. The fourth-order valence-electron chi connectivity index (χ4n) is 4.98. The molecule has 0 saturated carbocycles. The summed E-state index contributed by atoms with van der Waals surface area (Å²) in [6, 6.07) is 11.8. The molecule has 0 saturated heterocycles. The number of anilines is 1. The molecular weight excluding hydrogens is 372 g/mol. The van der Waals surface area contributed by atoms with Crippen molar-refractivity contribution in [1.29, 1.82) is 0 Å². The van der Waals surface area contributed by atoms with Crippen molar-refractivity contribution in [3.63, 3.8) is 0 Å². The van der Waals surface area contributed by atoms with Gasteiger partial charge in [-0.3, -0.25) is 0 Å². The van der Waals surface area contributed by atoms with E-state index in [1.54, 1.807) is 16.8 Å². The largest absolute Gasteiger partial charge is 0.371 e. The van der Waals surface area contributed by atoms with Crippen LogP contribution in [0.3, 0.4) is 0 Å². The predicted molar refractivity (Wildman–Crippen MR) is 126 cm³/mol. The summed E-state index contributed by atoms with van der Waals surface area (Å²) < 4.78 is 3.92. The van der Waals surface area contributed by atoms with Crippen molar-refractivity contribution in [2.24, 2.45) is 0 Å². The molecule has 0 amide bonds. The lowest BCUT2D eigenvalue weighted by Crippen LogP contribution is -2.35. The number of nitrogens with zero attached hydrogens (tertiary/aromatic N) is 2. The summed E-state index contributed by atoms with van der Waals surface area (Å²) in [4.78, 5) is 2.62. The fraction of sp³-hybridized carbons (Fsp3) is 0.423. The van der Waals surface area contributed by atoms with E-state index >= 15 is 0 Å². The molecule has 2 aliphatic heterocycles. The Morgan fingerprint density at radius 1 is 1.03 bits per heavy atom. The normalized spacial score (nSPS) is 16.0. The summed E-state index contributed by atoms with van der Waals surface area (Å²) in [7, 11) is 0. The summed E-state index contributed by atoms with van der Waals surface area (Å²) >= 11 is 1.93. The molecule has 2 nitrogen and oxygen atoms in total. The Morgan fingerprint density at radius 2 is 1.79 bits per heavy atom. The van der Waals surface area contributed by atoms with Gasteiger partial charge in [0, 0.05) is 37.3 Å². The van der Waals surface area contributed by atoms with E-state index < -0.39 is 0 Å². The highest BCUT2D eigenvalue weighted by Gasteiger charge is 2.24. The predicted octanol–water partition coefficient (Wildman–Crippen LogP) is 6.17. The van der Waals surface area contributed by atoms with Crippen LogP contribution in [0.1, 0.15) is 59.9 Å². The van der Waals surface area contributed by atoms with Crippen molar-refractivity contribution in [3.8, 4) is 0 Å². The Morgan fingerprint density at radius 3 is 2.52 bits per heavy atom. The van der Waals surface area contributed by atoms with Crippen LogP contribution < -0.4 is 9.47 Å². The summed E-state index contributed by atoms with van der Waals surface area (Å²) in [5.41, 5.74) is 8.80. The lowest BCUT2D eigenvalue weighted by Gasteiger charge is -2.37. The minimum atomic E-state index is 1.10. The van der Waals surface area contributed by atoms with E-state index in [1.807, 2.05) is 11.3 Å². The molecule has 3 heteroatoms. The van der Waals surface area contributed by atoms with E-state index in [-0.39, 0.29) is 0 Å². The first-order valence-electron chi connectivity index (χ1n) is 11.2. The molecule has 2 aliphatic rings. The molecule has 3 aromatic rings. The standard InChI is InChI=1S/C26H31N2S/c1-3-4-15-28-23-11-9-19(2)16-24(23)29-25(28)12-10-20-17-21-7-5-13-27-14-6-8-22(18-20)26(21)27/h9-12,16-18H,3-8,13-15H2,1-2H3/q+1. The minimum absolute atomic E-state index is 1.10. The van der Waals surface area contributed by atoms with Gasteiger partial charge < -0.3 is 4.90 Å². The number of rotatable bonds is 5. The number of fused-ring (bicyclic) bond motifs is 1. The van der Waals surface area contributed by atoms with Gasteiger partial charge in [-0.1, -0.05) is 30.7 Å². The molecule has 0 fully saturated rings. The third kappa shape index (κ3) is 3.61. The number of hydrogen-bond donors (Lipinski definition) is 0. The van der Waals surface area contributed by atoms with Crippen LogP contribution in [0.25, 0.3) is 22.4 Å². The Bertz CT molecular complexity index is 1040. The maximum Gasteiger partial charge on any atom is 0.262 e. The van der Waals surface area contributed by atoms with E-state index in [0.717, 1.165) is 6.54 Å². The van der Waals surface area contributed by atoms with Gasteiger partial charge in [0.05, 0.1) is 0 Å². The highest BCUT2D eigenvalue weighted by atomic mass is 32.1. The maximum atomic E-state index is 2.62. The fourth-order valence-corrected chi connectivity index (χ4v) is 6.17. The molecule has 29 heavy (non-hydrogen) atoms. The van der Waals surface area contributed by atoms with Gasteiger partial charge in [-0.25, -0.2) is 0 Å². The molecular formula is C26H31N2S+. The Kier molecular flexibility index (Phi) is 5.17. The first-order valence-corrected chi connectivity index (χ1v) is 12.1. The molecule has 0 bridgehead atoms. The van der Waals surface area contributed by atoms with Crippen LogP contribution >= 0.6 is 11.3 Å². The Hall–Kier alpha value is -2.13. The van der Waals surface area contributed by atoms with Gasteiger partial charge >= 0.3 is 0 Å². The van der Waals surface area contributed by atoms with Gasteiger partial charge in [0.2, 0.25) is 5.52 Å². The first-order chi connectivity index (χ1) is 14.2. The van der Waals surface area contributed by atoms with E-state index in [2.05, 4.69) is 65.8 Å². The molecule has 3 heterocycles. The van der Waals surface area contributed by atoms with Crippen LogP contribution in [0.2, 0.25) is 0 Å². The van der Waals surface area contributed by atoms with Gasteiger partial charge in [0.15, 0.2) is 6.54 Å². The molecule has 0 radical (unpaired) electrons. The average molecular weight is 404 g/mol. The molecule has 1 aromatic heterocycles. The summed E-state index contributed by atoms with van der Waals surface area (Å²) in [5, 5.41) is 1.37. The Labute approximate surface area is 178 Å². The summed E-state index contributed by atoms with van der Waals surface area (Å²) in [6.45, 7) is 8.05. The van der Waals surface area contributed by atoms with E-state index in [0.29, 0.717) is 0 Å². The molecule has 0 N–H and O–H groups in total. The quantitative estimate of drug-likeness (QED) is 0.462. The number of unbranched alkanes of at least 4 members (excludes halogenated alkanes) is 1. The lowest BCUT2D eigenvalue weighted by atomic mass is 9.90. The molecule has 0 spiro atoms. The molecule has 0 aliphatic carbocycles.